The molecule has 1 atom stereocenters. The van der Waals surface area contributed by atoms with Gasteiger partial charge >= 0.3 is 11.9 Å². The van der Waals surface area contributed by atoms with Gasteiger partial charge in [0.1, 0.15) is 6.04 Å². The van der Waals surface area contributed by atoms with E-state index >= 15 is 0 Å². The summed E-state index contributed by atoms with van der Waals surface area (Å²) in [6, 6.07) is -0.835. The summed E-state index contributed by atoms with van der Waals surface area (Å²) >= 11 is 0. The summed E-state index contributed by atoms with van der Waals surface area (Å²) in [6.45, 7) is 3.42. The van der Waals surface area contributed by atoms with Crippen LogP contribution in [0.15, 0.2) is 0 Å². The number of esters is 1. The maximum Gasteiger partial charge on any atom is 0.323 e. The van der Waals surface area contributed by atoms with Gasteiger partial charge in [0.2, 0.25) is 0 Å². The molecule has 1 unspecified atom stereocenters. The van der Waals surface area contributed by atoms with Crippen LogP contribution < -0.4 is 5.73 Å². The Morgan fingerprint density at radius 2 is 2.00 bits per heavy atom. The van der Waals surface area contributed by atoms with Gasteiger partial charge in [-0.05, 0) is 20.3 Å². The lowest BCUT2D eigenvalue weighted by atomic mass is 10.2. The van der Waals surface area contributed by atoms with Gasteiger partial charge in [0.05, 0.1) is 6.10 Å². The molecule has 0 aliphatic heterocycles. The number of aliphatic carboxylic acids is 1. The predicted molar refractivity (Wildman–Crippen MR) is 46.1 cm³/mol. The summed E-state index contributed by atoms with van der Waals surface area (Å²) in [7, 11) is 0. The lowest BCUT2D eigenvalue weighted by Crippen LogP contribution is -2.34. The fourth-order valence-electron chi connectivity index (χ4n) is 0.717. The minimum absolute atomic E-state index is 0.112. The molecule has 0 saturated carbocycles. The number of hydrogen-bond acceptors (Lipinski definition) is 4. The van der Waals surface area contributed by atoms with Crippen LogP contribution in [0.5, 0.6) is 0 Å². The summed E-state index contributed by atoms with van der Waals surface area (Å²) in [5.74, 6) is -1.51. The van der Waals surface area contributed by atoms with Crippen LogP contribution in [0, 0.1) is 0 Å². The molecule has 0 aromatic heterocycles. The molecule has 0 spiro atoms. The van der Waals surface area contributed by atoms with Gasteiger partial charge < -0.3 is 15.6 Å². The predicted octanol–water partition coefficient (Wildman–Crippen LogP) is 0.130. The van der Waals surface area contributed by atoms with Crippen LogP contribution in [-0.4, -0.2) is 29.2 Å². The molecule has 0 aromatic carbocycles. The molecule has 13 heavy (non-hydrogen) atoms. The molecule has 0 heterocycles. The third-order valence-electron chi connectivity index (χ3n) is 1.32. The second-order valence-corrected chi connectivity index (χ2v) is 3.02. The van der Waals surface area contributed by atoms with Crippen molar-refractivity contribution in [3.63, 3.8) is 0 Å². The number of carboxylic acid groups (broad SMARTS) is 1. The summed E-state index contributed by atoms with van der Waals surface area (Å²) in [5, 5.41) is 8.32. The Labute approximate surface area is 76.9 Å². The molecule has 0 fully saturated rings. The highest BCUT2D eigenvalue weighted by molar-refractivity contribution is 5.76. The van der Waals surface area contributed by atoms with Crippen LogP contribution in [0.2, 0.25) is 0 Å². The number of nitrogens with two attached hydrogens (primary N) is 1. The van der Waals surface area contributed by atoms with Crippen LogP contribution in [0.1, 0.15) is 26.7 Å². The van der Waals surface area contributed by atoms with Crippen molar-refractivity contribution in [3.8, 4) is 0 Å². The Morgan fingerprint density at radius 1 is 1.46 bits per heavy atom. The Kier molecular flexibility index (Phi) is 5.06. The summed E-state index contributed by atoms with van der Waals surface area (Å²) < 4.78 is 4.79. The molecule has 76 valence electrons. The molecule has 0 aromatic rings. The van der Waals surface area contributed by atoms with E-state index in [-0.39, 0.29) is 18.9 Å². The normalized spacial score (nSPS) is 12.6. The van der Waals surface area contributed by atoms with E-state index in [1.165, 1.54) is 0 Å². The highest BCUT2D eigenvalue weighted by Gasteiger charge is 2.17. The molecule has 0 rings (SSSR count). The second kappa shape index (κ2) is 5.53. The second-order valence-electron chi connectivity index (χ2n) is 3.02. The number of carboxylic acids is 1. The van der Waals surface area contributed by atoms with Gasteiger partial charge in [-0.1, -0.05) is 0 Å². The number of hydrogen-bond donors (Lipinski definition) is 2. The van der Waals surface area contributed by atoms with Gasteiger partial charge in [0, 0.05) is 6.42 Å². The van der Waals surface area contributed by atoms with Crippen molar-refractivity contribution in [2.75, 3.05) is 0 Å². The number of carbonyl (C=O) groups is 2. The first kappa shape index (κ1) is 11.9. The van der Waals surface area contributed by atoms with E-state index in [1.54, 1.807) is 13.8 Å². The Balaban J connectivity index is 3.76. The smallest absolute Gasteiger partial charge is 0.323 e. The van der Waals surface area contributed by atoms with Crippen molar-refractivity contribution < 1.29 is 19.4 Å². The zero-order valence-corrected chi connectivity index (χ0v) is 7.82. The van der Waals surface area contributed by atoms with Gasteiger partial charge in [-0.25, -0.2) is 0 Å². The summed E-state index contributed by atoms with van der Waals surface area (Å²) in [6.07, 6.45) is -0.224. The molecule has 0 aliphatic carbocycles. The molecule has 0 radical (unpaired) electrons. The first-order chi connectivity index (χ1) is 5.93. The Morgan fingerprint density at radius 3 is 2.38 bits per heavy atom. The van der Waals surface area contributed by atoms with Gasteiger partial charge in [-0.3, -0.25) is 9.59 Å². The minimum Gasteiger partial charge on any atom is -0.481 e. The summed E-state index contributed by atoms with van der Waals surface area (Å²) in [5.41, 5.74) is 5.38. The van der Waals surface area contributed by atoms with E-state index in [9.17, 15) is 9.59 Å². The fourth-order valence-corrected chi connectivity index (χ4v) is 0.717. The molecule has 0 amide bonds. The van der Waals surface area contributed by atoms with Crippen molar-refractivity contribution >= 4 is 11.9 Å². The molecular formula is C8H15NO4. The Bertz CT molecular complexity index is 191. The van der Waals surface area contributed by atoms with Gasteiger partial charge in [-0.2, -0.15) is 0 Å². The fraction of sp³-hybridized carbons (Fsp3) is 0.750. The molecule has 5 nitrogen and oxygen atoms in total. The van der Waals surface area contributed by atoms with Crippen LogP contribution in [0.4, 0.5) is 0 Å². The lowest BCUT2D eigenvalue weighted by molar-refractivity contribution is -0.149. The van der Waals surface area contributed by atoms with Gasteiger partial charge in [-0.15, -0.1) is 0 Å². The molecule has 0 aliphatic rings. The monoisotopic (exact) mass is 189 g/mol. The number of rotatable bonds is 5. The largest absolute Gasteiger partial charge is 0.481 e. The van der Waals surface area contributed by atoms with E-state index in [4.69, 9.17) is 15.6 Å². The molecule has 0 bridgehead atoms. The molecule has 0 saturated heterocycles. The highest BCUT2D eigenvalue weighted by Crippen LogP contribution is 1.99. The van der Waals surface area contributed by atoms with Crippen LogP contribution in [0.3, 0.4) is 0 Å². The average molecular weight is 189 g/mol. The van der Waals surface area contributed by atoms with Gasteiger partial charge in [0.25, 0.3) is 0 Å². The first-order valence-corrected chi connectivity index (χ1v) is 4.11. The molecule has 5 heteroatoms. The van der Waals surface area contributed by atoms with E-state index < -0.39 is 18.0 Å². The maximum atomic E-state index is 11.0. The topological polar surface area (TPSA) is 89.6 Å². The standard InChI is InChI=1S/C8H15NO4/c1-5(2)13-8(12)6(9)3-4-7(10)11/h5-6H,3-4,9H2,1-2H3,(H,10,11). The molecular weight excluding hydrogens is 174 g/mol. The van der Waals surface area contributed by atoms with Crippen LogP contribution in [-0.2, 0) is 14.3 Å². The van der Waals surface area contributed by atoms with E-state index in [1.807, 2.05) is 0 Å². The van der Waals surface area contributed by atoms with Crippen molar-refractivity contribution in [2.24, 2.45) is 5.73 Å². The van der Waals surface area contributed by atoms with E-state index in [0.717, 1.165) is 0 Å². The van der Waals surface area contributed by atoms with E-state index in [0.29, 0.717) is 0 Å². The average Bonchev–Trinajstić information content (AvgIpc) is 1.98. The number of ether oxygens (including phenoxy) is 1. The molecule has 3 N–H and O–H groups in total. The van der Waals surface area contributed by atoms with Crippen LogP contribution >= 0.6 is 0 Å². The zero-order chi connectivity index (χ0) is 10.4. The quantitative estimate of drug-likeness (QED) is 0.600. The highest BCUT2D eigenvalue weighted by atomic mass is 16.5. The number of carbonyl (C=O) groups excluding carboxylic acids is 1. The third-order valence-corrected chi connectivity index (χ3v) is 1.32. The zero-order valence-electron chi connectivity index (χ0n) is 7.82. The van der Waals surface area contributed by atoms with Crippen molar-refractivity contribution in [3.05, 3.63) is 0 Å². The van der Waals surface area contributed by atoms with Gasteiger partial charge in [0.15, 0.2) is 0 Å². The van der Waals surface area contributed by atoms with E-state index in [2.05, 4.69) is 0 Å². The minimum atomic E-state index is -0.965. The maximum absolute atomic E-state index is 11.0. The van der Waals surface area contributed by atoms with Crippen molar-refractivity contribution in [1.29, 1.82) is 0 Å². The van der Waals surface area contributed by atoms with Crippen molar-refractivity contribution in [2.45, 2.75) is 38.8 Å². The Hall–Kier alpha value is -1.10. The van der Waals surface area contributed by atoms with Crippen LogP contribution in [0.25, 0.3) is 0 Å². The summed E-state index contributed by atoms with van der Waals surface area (Å²) in [4.78, 5) is 21.2. The first-order valence-electron chi connectivity index (χ1n) is 4.11. The van der Waals surface area contributed by atoms with Crippen molar-refractivity contribution in [1.82, 2.24) is 0 Å². The SMILES string of the molecule is CC(C)OC(=O)C(N)CCC(=O)O. The lowest BCUT2D eigenvalue weighted by Gasteiger charge is -2.12. The third kappa shape index (κ3) is 6.10.